The lowest BCUT2D eigenvalue weighted by molar-refractivity contribution is 0.507. The molecule has 1 aliphatic heterocycles. The van der Waals surface area contributed by atoms with E-state index in [1.807, 2.05) is 17.0 Å². The minimum atomic E-state index is -0.872. The third kappa shape index (κ3) is 2.79. The van der Waals surface area contributed by atoms with Crippen LogP contribution in [-0.2, 0) is 6.54 Å². The smallest absolute Gasteiger partial charge is 0.196 e. The lowest BCUT2D eigenvalue weighted by atomic mass is 9.96. The summed E-state index contributed by atoms with van der Waals surface area (Å²) in [5, 5.41) is 2.44. The predicted molar refractivity (Wildman–Crippen MR) is 101 cm³/mol. The number of nitrogens with two attached hydrogens (primary N) is 1. The minimum absolute atomic E-state index is 0.205. The number of rotatable bonds is 2. The van der Waals surface area contributed by atoms with E-state index in [1.54, 1.807) is 0 Å². The fourth-order valence-corrected chi connectivity index (χ4v) is 3.61. The van der Waals surface area contributed by atoms with Gasteiger partial charge in [0.1, 0.15) is 0 Å². The van der Waals surface area contributed by atoms with Gasteiger partial charge in [0.15, 0.2) is 17.6 Å². The van der Waals surface area contributed by atoms with Crippen molar-refractivity contribution in [2.75, 3.05) is 11.4 Å². The van der Waals surface area contributed by atoms with Gasteiger partial charge in [0, 0.05) is 18.2 Å². The van der Waals surface area contributed by atoms with Gasteiger partial charge in [-0.25, -0.2) is 13.8 Å². The molecule has 2 N–H and O–H groups in total. The highest BCUT2D eigenvalue weighted by molar-refractivity contribution is 6.02. The molecule has 0 saturated carbocycles. The zero-order valence-corrected chi connectivity index (χ0v) is 14.4. The van der Waals surface area contributed by atoms with Gasteiger partial charge in [-0.3, -0.25) is 0 Å². The van der Waals surface area contributed by atoms with Crippen LogP contribution in [0.3, 0.4) is 0 Å². The van der Waals surface area contributed by atoms with E-state index in [0.29, 0.717) is 17.4 Å². The molecule has 1 atom stereocenters. The molecule has 0 spiro atoms. The van der Waals surface area contributed by atoms with E-state index < -0.39 is 11.6 Å². The van der Waals surface area contributed by atoms with Crippen LogP contribution < -0.4 is 10.6 Å². The monoisotopic (exact) mass is 351 g/mol. The molecule has 5 heteroatoms. The Hall–Kier alpha value is -2.95. The maximum Gasteiger partial charge on any atom is 0.196 e. The molecule has 0 fully saturated rings. The summed E-state index contributed by atoms with van der Waals surface area (Å²) in [6.07, 6.45) is 0. The van der Waals surface area contributed by atoms with Crippen LogP contribution >= 0.6 is 0 Å². The minimum Gasteiger partial charge on any atom is -0.370 e. The van der Waals surface area contributed by atoms with Gasteiger partial charge < -0.3 is 10.6 Å². The molecule has 1 unspecified atom stereocenters. The van der Waals surface area contributed by atoms with Gasteiger partial charge in [-0.2, -0.15) is 0 Å². The van der Waals surface area contributed by atoms with Crippen molar-refractivity contribution in [3.63, 3.8) is 0 Å². The molecule has 0 amide bonds. The third-order valence-electron chi connectivity index (χ3n) is 4.87. The van der Waals surface area contributed by atoms with Crippen LogP contribution in [0.15, 0.2) is 59.6 Å². The molecule has 3 aromatic rings. The summed E-state index contributed by atoms with van der Waals surface area (Å²) >= 11 is 0. The van der Waals surface area contributed by atoms with Crippen molar-refractivity contribution < 1.29 is 8.78 Å². The first-order chi connectivity index (χ1) is 12.5. The number of nitrogens with zero attached hydrogens (tertiary/aromatic N) is 2. The lowest BCUT2D eigenvalue weighted by Crippen LogP contribution is -2.36. The van der Waals surface area contributed by atoms with Crippen molar-refractivity contribution in [1.29, 1.82) is 0 Å². The van der Waals surface area contributed by atoms with Crippen molar-refractivity contribution in [2.24, 2.45) is 10.7 Å². The predicted octanol–water partition coefficient (Wildman–Crippen LogP) is 4.56. The second kappa shape index (κ2) is 6.41. The van der Waals surface area contributed by atoms with Gasteiger partial charge in [-0.05, 0) is 40.1 Å². The Balaban J connectivity index is 1.65. The molecule has 0 aromatic heterocycles. The summed E-state index contributed by atoms with van der Waals surface area (Å²) in [4.78, 5) is 6.38. The highest BCUT2D eigenvalue weighted by Crippen LogP contribution is 2.40. The van der Waals surface area contributed by atoms with Gasteiger partial charge in [0.25, 0.3) is 0 Å². The van der Waals surface area contributed by atoms with Gasteiger partial charge in [-0.1, -0.05) is 43.3 Å². The topological polar surface area (TPSA) is 41.6 Å². The Morgan fingerprint density at radius 2 is 1.92 bits per heavy atom. The van der Waals surface area contributed by atoms with Crippen LogP contribution in [0.5, 0.6) is 0 Å². The average molecular weight is 351 g/mol. The maximum absolute atomic E-state index is 13.3. The van der Waals surface area contributed by atoms with E-state index in [-0.39, 0.29) is 6.54 Å². The van der Waals surface area contributed by atoms with Crippen molar-refractivity contribution >= 4 is 22.4 Å². The Kier molecular flexibility index (Phi) is 4.07. The number of guanidine groups is 1. The molecular formula is C21H19F2N3. The molecule has 3 nitrogen and oxygen atoms in total. The first-order valence-electron chi connectivity index (χ1n) is 8.57. The Morgan fingerprint density at radius 1 is 1.12 bits per heavy atom. The highest BCUT2D eigenvalue weighted by atomic mass is 19.2. The van der Waals surface area contributed by atoms with Crippen LogP contribution in [0.4, 0.5) is 14.5 Å². The molecule has 1 aliphatic rings. The first-order valence-corrected chi connectivity index (χ1v) is 8.57. The van der Waals surface area contributed by atoms with E-state index in [1.165, 1.54) is 22.4 Å². The summed E-state index contributed by atoms with van der Waals surface area (Å²) in [6, 6.07) is 16.2. The highest BCUT2D eigenvalue weighted by Gasteiger charge is 2.29. The summed E-state index contributed by atoms with van der Waals surface area (Å²) in [5.74, 6) is -1.02. The number of fused-ring (bicyclic) bond motifs is 3. The second-order valence-corrected chi connectivity index (χ2v) is 6.65. The van der Waals surface area contributed by atoms with Crippen LogP contribution in [0.25, 0.3) is 10.8 Å². The van der Waals surface area contributed by atoms with Gasteiger partial charge in [-0.15, -0.1) is 0 Å². The zero-order chi connectivity index (χ0) is 18.3. The van der Waals surface area contributed by atoms with Crippen LogP contribution in [0.1, 0.15) is 24.0 Å². The average Bonchev–Trinajstić information content (AvgIpc) is 3.00. The molecule has 0 saturated heterocycles. The normalized spacial score (nSPS) is 17.0. The molecule has 0 radical (unpaired) electrons. The number of aliphatic imine (C=N–C) groups is 1. The largest absolute Gasteiger partial charge is 0.370 e. The molecule has 0 aliphatic carbocycles. The number of hydrogen-bond donors (Lipinski definition) is 1. The lowest BCUT2D eigenvalue weighted by Gasteiger charge is -2.18. The molecule has 132 valence electrons. The van der Waals surface area contributed by atoms with E-state index in [9.17, 15) is 8.78 Å². The molecule has 3 aromatic carbocycles. The van der Waals surface area contributed by atoms with E-state index in [0.717, 1.165) is 24.4 Å². The van der Waals surface area contributed by atoms with Gasteiger partial charge >= 0.3 is 0 Å². The van der Waals surface area contributed by atoms with E-state index in [2.05, 4.69) is 36.2 Å². The van der Waals surface area contributed by atoms with Crippen LogP contribution in [0.2, 0.25) is 0 Å². The molecule has 26 heavy (non-hydrogen) atoms. The van der Waals surface area contributed by atoms with Crippen molar-refractivity contribution in [3.05, 3.63) is 77.4 Å². The van der Waals surface area contributed by atoms with Gasteiger partial charge in [0.05, 0.1) is 6.54 Å². The number of benzene rings is 3. The summed E-state index contributed by atoms with van der Waals surface area (Å²) in [5.41, 5.74) is 9.14. The summed E-state index contributed by atoms with van der Waals surface area (Å²) in [6.45, 7) is 3.13. The second-order valence-electron chi connectivity index (χ2n) is 6.65. The number of hydrogen-bond acceptors (Lipinski definition) is 1. The molecular weight excluding hydrogens is 332 g/mol. The fourth-order valence-electron chi connectivity index (χ4n) is 3.61. The number of anilines is 1. The summed E-state index contributed by atoms with van der Waals surface area (Å²) < 4.78 is 26.4. The maximum atomic E-state index is 13.3. The Morgan fingerprint density at radius 3 is 2.73 bits per heavy atom. The van der Waals surface area contributed by atoms with Crippen molar-refractivity contribution in [1.82, 2.24) is 0 Å². The van der Waals surface area contributed by atoms with Crippen LogP contribution in [-0.4, -0.2) is 12.5 Å². The molecule has 4 rings (SSSR count). The Labute approximate surface area is 150 Å². The van der Waals surface area contributed by atoms with E-state index in [4.69, 9.17) is 5.73 Å². The standard InChI is InChI=1S/C21H19F2N3/c1-13-12-26(19-9-7-15-4-2-3-5-16(15)20(13)19)21(24)25-11-14-6-8-17(22)18(23)10-14/h2-10,13H,11-12H2,1H3,(H2,24,25). The third-order valence-corrected chi connectivity index (χ3v) is 4.87. The zero-order valence-electron chi connectivity index (χ0n) is 14.4. The van der Waals surface area contributed by atoms with Crippen molar-refractivity contribution in [2.45, 2.75) is 19.4 Å². The quantitative estimate of drug-likeness (QED) is 0.543. The first kappa shape index (κ1) is 16.5. The Bertz CT molecular complexity index is 1010. The van der Waals surface area contributed by atoms with E-state index >= 15 is 0 Å². The summed E-state index contributed by atoms with van der Waals surface area (Å²) in [7, 11) is 0. The molecule has 0 bridgehead atoms. The number of halogens is 2. The van der Waals surface area contributed by atoms with Crippen LogP contribution in [0, 0.1) is 11.6 Å². The SMILES string of the molecule is CC1CN(C(N)=NCc2ccc(F)c(F)c2)c2ccc3ccccc3c21. The fraction of sp³-hybridized carbons (Fsp3) is 0.190. The van der Waals surface area contributed by atoms with Gasteiger partial charge in [0.2, 0.25) is 0 Å². The van der Waals surface area contributed by atoms with Crippen molar-refractivity contribution in [3.8, 4) is 0 Å². The molecule has 1 heterocycles.